The van der Waals surface area contributed by atoms with Crippen LogP contribution in [-0.4, -0.2) is 19.0 Å². The molecule has 3 nitrogen and oxygen atoms in total. The Kier molecular flexibility index (Phi) is 4.77. The molecule has 1 atom stereocenters. The van der Waals surface area contributed by atoms with Crippen molar-refractivity contribution in [1.82, 2.24) is 10.6 Å². The molecule has 0 saturated heterocycles. The zero-order chi connectivity index (χ0) is 12.1. The van der Waals surface area contributed by atoms with Gasteiger partial charge in [0.15, 0.2) is 0 Å². The Hall–Kier alpha value is -1.06. The Morgan fingerprint density at radius 2 is 2.19 bits per heavy atom. The van der Waals surface area contributed by atoms with Crippen LogP contribution in [0.1, 0.15) is 18.1 Å². The number of hydrogen-bond acceptors (Lipinski definition) is 2. The van der Waals surface area contributed by atoms with Crippen molar-refractivity contribution in [1.29, 1.82) is 0 Å². The van der Waals surface area contributed by atoms with Gasteiger partial charge in [-0.15, -0.1) is 0 Å². The van der Waals surface area contributed by atoms with Crippen LogP contribution >= 0.6 is 11.6 Å². The lowest BCUT2D eigenvalue weighted by Gasteiger charge is -2.13. The van der Waals surface area contributed by atoms with E-state index >= 15 is 0 Å². The molecule has 1 aromatic rings. The number of hydrogen-bond donors (Lipinski definition) is 2. The highest BCUT2D eigenvalue weighted by Crippen LogP contribution is 2.14. The normalized spacial score (nSPS) is 12.2. The Morgan fingerprint density at radius 1 is 1.50 bits per heavy atom. The number of likely N-dealkylation sites (N-methyl/N-ethyl adjacent to an activating group) is 1. The first kappa shape index (κ1) is 13.0. The van der Waals surface area contributed by atoms with E-state index < -0.39 is 0 Å². The van der Waals surface area contributed by atoms with E-state index in [1.165, 1.54) is 0 Å². The number of rotatable bonds is 4. The Bertz CT molecular complexity index is 379. The number of benzene rings is 1. The minimum atomic E-state index is -0.194. The third-order valence-electron chi connectivity index (χ3n) is 2.54. The van der Waals surface area contributed by atoms with E-state index in [0.29, 0.717) is 6.54 Å². The lowest BCUT2D eigenvalue weighted by atomic mass is 10.1. The molecular formula is C12H17ClN2O. The van der Waals surface area contributed by atoms with Crippen molar-refractivity contribution in [2.24, 2.45) is 0 Å². The monoisotopic (exact) mass is 240 g/mol. The lowest BCUT2D eigenvalue weighted by molar-refractivity contribution is -0.122. The summed E-state index contributed by atoms with van der Waals surface area (Å²) in [4.78, 5) is 11.3. The highest BCUT2D eigenvalue weighted by Gasteiger charge is 2.10. The standard InChI is InChI=1S/C12H17ClN2O/c1-8-6-11(13)5-4-10(8)7-15-9(2)12(16)14-3/h4-6,9,15H,7H2,1-3H3,(H,14,16). The molecule has 0 aromatic heterocycles. The molecule has 0 bridgehead atoms. The third kappa shape index (κ3) is 3.51. The van der Waals surface area contributed by atoms with Gasteiger partial charge in [0.25, 0.3) is 0 Å². The SMILES string of the molecule is CNC(=O)C(C)NCc1ccc(Cl)cc1C. The Labute approximate surface area is 101 Å². The molecule has 0 aliphatic carbocycles. The fourth-order valence-corrected chi connectivity index (χ4v) is 1.66. The second kappa shape index (κ2) is 5.87. The van der Waals surface area contributed by atoms with Gasteiger partial charge < -0.3 is 10.6 Å². The average molecular weight is 241 g/mol. The Balaban J connectivity index is 2.58. The molecule has 0 radical (unpaired) electrons. The molecule has 0 spiro atoms. The summed E-state index contributed by atoms with van der Waals surface area (Å²) in [6, 6.07) is 5.56. The van der Waals surface area contributed by atoms with Gasteiger partial charge in [0, 0.05) is 18.6 Å². The number of nitrogens with one attached hydrogen (secondary N) is 2. The van der Waals surface area contributed by atoms with Crippen LogP contribution in [0.15, 0.2) is 18.2 Å². The largest absolute Gasteiger partial charge is 0.358 e. The first-order valence-electron chi connectivity index (χ1n) is 5.24. The van der Waals surface area contributed by atoms with Crippen molar-refractivity contribution >= 4 is 17.5 Å². The maximum Gasteiger partial charge on any atom is 0.236 e. The number of halogens is 1. The van der Waals surface area contributed by atoms with E-state index in [-0.39, 0.29) is 11.9 Å². The second-order valence-corrected chi connectivity index (χ2v) is 4.22. The first-order valence-corrected chi connectivity index (χ1v) is 5.62. The third-order valence-corrected chi connectivity index (χ3v) is 2.78. The molecule has 88 valence electrons. The molecule has 16 heavy (non-hydrogen) atoms. The summed E-state index contributed by atoms with van der Waals surface area (Å²) in [6.45, 7) is 4.51. The molecule has 0 fully saturated rings. The van der Waals surface area contributed by atoms with Gasteiger partial charge in [-0.25, -0.2) is 0 Å². The average Bonchev–Trinajstić information content (AvgIpc) is 2.26. The summed E-state index contributed by atoms with van der Waals surface area (Å²) >= 11 is 5.87. The fourth-order valence-electron chi connectivity index (χ4n) is 1.43. The number of amides is 1. The maximum atomic E-state index is 11.3. The van der Waals surface area contributed by atoms with Crippen LogP contribution in [0.25, 0.3) is 0 Å². The van der Waals surface area contributed by atoms with Crippen molar-refractivity contribution < 1.29 is 4.79 Å². The molecule has 2 N–H and O–H groups in total. The Morgan fingerprint density at radius 3 is 2.75 bits per heavy atom. The van der Waals surface area contributed by atoms with Gasteiger partial charge in [0.1, 0.15) is 0 Å². The van der Waals surface area contributed by atoms with Crippen LogP contribution in [0.4, 0.5) is 0 Å². The number of carbonyl (C=O) groups excluding carboxylic acids is 1. The molecule has 0 aliphatic rings. The van der Waals surface area contributed by atoms with Crippen LogP contribution in [0.3, 0.4) is 0 Å². The van der Waals surface area contributed by atoms with E-state index in [0.717, 1.165) is 16.1 Å². The summed E-state index contributed by atoms with van der Waals surface area (Å²) in [5.41, 5.74) is 2.28. The van der Waals surface area contributed by atoms with Crippen molar-refractivity contribution in [3.05, 3.63) is 34.3 Å². The number of carbonyl (C=O) groups is 1. The van der Waals surface area contributed by atoms with E-state index in [2.05, 4.69) is 10.6 Å². The predicted octanol–water partition coefficient (Wildman–Crippen LogP) is 1.87. The minimum absolute atomic E-state index is 0.00776. The van der Waals surface area contributed by atoms with Gasteiger partial charge in [-0.3, -0.25) is 4.79 Å². The van der Waals surface area contributed by atoms with Gasteiger partial charge >= 0.3 is 0 Å². The summed E-state index contributed by atoms with van der Waals surface area (Å²) in [5, 5.41) is 6.49. The molecule has 4 heteroatoms. The van der Waals surface area contributed by atoms with Crippen LogP contribution in [0.2, 0.25) is 5.02 Å². The molecular weight excluding hydrogens is 224 g/mol. The van der Waals surface area contributed by atoms with E-state index in [4.69, 9.17) is 11.6 Å². The summed E-state index contributed by atoms with van der Waals surface area (Å²) in [6.07, 6.45) is 0. The summed E-state index contributed by atoms with van der Waals surface area (Å²) < 4.78 is 0. The van der Waals surface area contributed by atoms with Crippen LogP contribution in [-0.2, 0) is 11.3 Å². The molecule has 1 rings (SSSR count). The van der Waals surface area contributed by atoms with Gasteiger partial charge in [0.2, 0.25) is 5.91 Å². The van der Waals surface area contributed by atoms with Crippen molar-refractivity contribution in [3.63, 3.8) is 0 Å². The second-order valence-electron chi connectivity index (χ2n) is 3.79. The van der Waals surface area contributed by atoms with E-state index in [1.807, 2.05) is 32.0 Å². The summed E-state index contributed by atoms with van der Waals surface area (Å²) in [7, 11) is 1.63. The minimum Gasteiger partial charge on any atom is -0.358 e. The van der Waals surface area contributed by atoms with Crippen LogP contribution in [0.5, 0.6) is 0 Å². The van der Waals surface area contributed by atoms with Crippen molar-refractivity contribution in [2.75, 3.05) is 7.05 Å². The first-order chi connectivity index (χ1) is 7.54. The van der Waals surface area contributed by atoms with E-state index in [9.17, 15) is 4.79 Å². The molecule has 1 aromatic carbocycles. The molecule has 0 aliphatic heterocycles. The summed E-state index contributed by atoms with van der Waals surface area (Å²) in [5.74, 6) is -0.00776. The molecule has 1 unspecified atom stereocenters. The van der Waals surface area contributed by atoms with Gasteiger partial charge in [-0.1, -0.05) is 17.7 Å². The smallest absolute Gasteiger partial charge is 0.236 e. The maximum absolute atomic E-state index is 11.3. The highest BCUT2D eigenvalue weighted by atomic mass is 35.5. The van der Waals surface area contributed by atoms with Crippen molar-refractivity contribution in [2.45, 2.75) is 26.4 Å². The van der Waals surface area contributed by atoms with Crippen molar-refractivity contribution in [3.8, 4) is 0 Å². The van der Waals surface area contributed by atoms with Gasteiger partial charge in [-0.2, -0.15) is 0 Å². The lowest BCUT2D eigenvalue weighted by Crippen LogP contribution is -2.40. The topological polar surface area (TPSA) is 41.1 Å². The van der Waals surface area contributed by atoms with Gasteiger partial charge in [-0.05, 0) is 37.1 Å². The number of aryl methyl sites for hydroxylation is 1. The highest BCUT2D eigenvalue weighted by molar-refractivity contribution is 6.30. The fraction of sp³-hybridized carbons (Fsp3) is 0.417. The molecule has 0 saturated carbocycles. The van der Waals surface area contributed by atoms with E-state index in [1.54, 1.807) is 7.05 Å². The predicted molar refractivity (Wildman–Crippen MR) is 66.6 cm³/mol. The molecule has 1 amide bonds. The quantitative estimate of drug-likeness (QED) is 0.844. The zero-order valence-corrected chi connectivity index (χ0v) is 10.6. The van der Waals surface area contributed by atoms with Gasteiger partial charge in [0.05, 0.1) is 6.04 Å². The van der Waals surface area contributed by atoms with Crippen LogP contribution < -0.4 is 10.6 Å². The zero-order valence-electron chi connectivity index (χ0n) is 9.80. The van der Waals surface area contributed by atoms with Crippen LogP contribution in [0, 0.1) is 6.92 Å². The molecule has 0 heterocycles.